The Morgan fingerprint density at radius 3 is 0.919 bits per heavy atom. The number of amides is 7. The summed E-state index contributed by atoms with van der Waals surface area (Å²) < 4.78 is 102. The first-order chi connectivity index (χ1) is 66.9. The molecule has 6 rings (SSSR count). The van der Waals surface area contributed by atoms with Crippen molar-refractivity contribution in [3.8, 4) is 0 Å². The van der Waals surface area contributed by atoms with Gasteiger partial charge in [-0.1, -0.05) is 115 Å². The van der Waals surface area contributed by atoms with E-state index in [9.17, 15) is 57.0 Å². The van der Waals surface area contributed by atoms with E-state index >= 15 is 0 Å². The zero-order valence-corrected chi connectivity index (χ0v) is 103. The summed E-state index contributed by atoms with van der Waals surface area (Å²) in [4.78, 5) is 109. The zero-order chi connectivity index (χ0) is 117. The number of nitrogens with zero attached hydrogens (tertiary/aromatic N) is 8. The molecule has 0 spiro atoms. The van der Waals surface area contributed by atoms with E-state index in [2.05, 4.69) is 96.5 Å². The summed E-state index contributed by atoms with van der Waals surface area (Å²) in [5, 5.41) is 28.7. The second kappa shape index (κ2) is 59.3. The fourth-order valence-corrected chi connectivity index (χ4v) is 19.1. The van der Waals surface area contributed by atoms with Gasteiger partial charge in [-0.25, -0.2) is 33.6 Å². The quantitative estimate of drug-likeness (QED) is 0.00595. The topological polar surface area (TPSA) is 459 Å². The maximum absolute atomic E-state index is 12.8. The molecule has 7 amide bonds. The smallest absolute Gasteiger partial charge is 0.412 e. The molecule has 874 valence electrons. The van der Waals surface area contributed by atoms with Crippen LogP contribution < -0.4 is 16.4 Å². The van der Waals surface area contributed by atoms with E-state index in [1.807, 2.05) is 235 Å². The van der Waals surface area contributed by atoms with Crippen molar-refractivity contribution in [3.05, 3.63) is 23.1 Å². The number of nitrogens with one attached hydrogen (secondary N) is 2. The molecular formula is C111H213N11O26S. The van der Waals surface area contributed by atoms with Gasteiger partial charge >= 0.3 is 42.7 Å². The number of azide groups is 1. The molecule has 0 aliphatic carbocycles. The van der Waals surface area contributed by atoms with Gasteiger partial charge in [-0.3, -0.25) is 28.7 Å². The highest BCUT2D eigenvalue weighted by molar-refractivity contribution is 7.86. The van der Waals surface area contributed by atoms with Crippen LogP contribution in [0.1, 0.15) is 423 Å². The molecule has 38 heteroatoms. The predicted octanol–water partition coefficient (Wildman–Crippen LogP) is 24.0. The highest BCUT2D eigenvalue weighted by atomic mass is 32.2. The molecule has 37 nitrogen and oxygen atoms in total. The average Bonchev–Trinajstić information content (AvgIpc) is 1.63. The summed E-state index contributed by atoms with van der Waals surface area (Å²) in [6, 6.07) is -1.29. The van der Waals surface area contributed by atoms with Gasteiger partial charge in [0.15, 0.2) is 0 Å². The van der Waals surface area contributed by atoms with Gasteiger partial charge in [-0.05, 0) is 347 Å². The summed E-state index contributed by atoms with van der Waals surface area (Å²) in [7, 11) is -3.55. The Balaban J connectivity index is 0.00000172. The molecule has 6 aliphatic rings. The molecule has 6 aliphatic heterocycles. The van der Waals surface area contributed by atoms with Crippen LogP contribution in [0.4, 0.5) is 33.6 Å². The van der Waals surface area contributed by atoms with E-state index in [0.29, 0.717) is 80.0 Å². The number of hydrogen-bond acceptors (Lipinski definition) is 28. The highest BCUT2D eigenvalue weighted by Crippen LogP contribution is 2.45. The SMILES string of the molecule is C=CC[C@H](O)[C@H](CC(C)C)NC(=O)OC(C)(C)C.CC(C)C[C@@H](C=O)NC(=O)OC(C)(C)C.CC(C)C[C@H]1[C@H](CC(C)O)OC(C)(C)N1C(=O)OC(C)(C)C.CC(C)C[C@H]1[C@H](CC2CO2)OC(C)(C)N1C(=O)OC(C)(C)C.CC(C)C[C@H]1[C@H](C[C@@H](C)OS(C)(=O)=O)OC(C)(C)N1C(=O)OC(C)(C)C.CC(C)C[C@H]1[C@H](C[C@H](C)N)OC(C)(C)N1C(=O)OC(C)(C)C.CC(C)C[C@H]1[C@H](C[C@H](C)N=[N+]=[N-])OC(C)(C)N1C(=O)OC(C)(C)C. The highest BCUT2D eigenvalue weighted by Gasteiger charge is 2.58. The maximum Gasteiger partial charge on any atom is 0.412 e. The normalized spacial score (nSPS) is 23.8. The number of rotatable bonds is 33. The van der Waals surface area contributed by atoms with Crippen LogP contribution in [0.25, 0.3) is 10.4 Å². The minimum atomic E-state index is -3.55. The summed E-state index contributed by atoms with van der Waals surface area (Å²) in [5.41, 5.74) is 7.10. The largest absolute Gasteiger partial charge is 0.444 e. The summed E-state index contributed by atoms with van der Waals surface area (Å²) in [5.74, 6) is 2.83. The molecular weight excluding hydrogens is 1940 g/mol. The van der Waals surface area contributed by atoms with Gasteiger partial charge in [0.25, 0.3) is 10.1 Å². The molecule has 18 atom stereocenters. The van der Waals surface area contributed by atoms with Crippen LogP contribution in [0.5, 0.6) is 0 Å². The number of carbonyl (C=O) groups excluding carboxylic acids is 8. The number of aldehydes is 1. The molecule has 6 fully saturated rings. The third-order valence-electron chi connectivity index (χ3n) is 23.1. The number of carbonyl (C=O) groups is 8. The Morgan fingerprint density at radius 1 is 0.423 bits per heavy atom. The molecule has 6 N–H and O–H groups in total. The number of aliphatic hydroxyl groups excluding tert-OH is 2. The Bertz CT molecular complexity index is 4050. The summed E-state index contributed by atoms with van der Waals surface area (Å²) in [6.45, 7) is 98.6. The molecule has 0 aromatic rings. The predicted molar refractivity (Wildman–Crippen MR) is 586 cm³/mol. The molecule has 2 unspecified atom stereocenters. The minimum Gasteiger partial charge on any atom is -0.444 e. The van der Waals surface area contributed by atoms with Crippen LogP contribution in [0.3, 0.4) is 0 Å². The number of alkyl carbamates (subject to hydrolysis) is 2. The van der Waals surface area contributed by atoms with Crippen molar-refractivity contribution >= 4 is 59.1 Å². The van der Waals surface area contributed by atoms with Crippen molar-refractivity contribution < 1.29 is 123 Å². The lowest BCUT2D eigenvalue weighted by Gasteiger charge is -2.35. The minimum absolute atomic E-state index is 0.00384. The number of hydrogen-bond donors (Lipinski definition) is 5. The van der Waals surface area contributed by atoms with Gasteiger partial charge in [0.05, 0.1) is 110 Å². The Morgan fingerprint density at radius 2 is 0.685 bits per heavy atom. The number of ether oxygens (including phenoxy) is 13. The van der Waals surface area contributed by atoms with Crippen molar-refractivity contribution in [1.29, 1.82) is 0 Å². The zero-order valence-electron chi connectivity index (χ0n) is 102. The fraction of sp³-hybridized carbons (Fsp3) is 0.910. The van der Waals surface area contributed by atoms with Crippen molar-refractivity contribution in [2.75, 3.05) is 12.9 Å². The molecule has 6 saturated heterocycles. The Kier molecular flexibility index (Phi) is 56.6. The number of nitrogens with two attached hydrogens (primary N) is 1. The molecule has 0 radical (unpaired) electrons. The van der Waals surface area contributed by atoms with E-state index in [4.69, 9.17) is 77.0 Å². The lowest BCUT2D eigenvalue weighted by molar-refractivity contribution is -0.110. The molecule has 0 aromatic heterocycles. The second-order valence-electron chi connectivity index (χ2n) is 53.4. The van der Waals surface area contributed by atoms with Crippen LogP contribution >= 0.6 is 0 Å². The molecule has 0 bridgehead atoms. The number of aliphatic hydroxyl groups is 2. The lowest BCUT2D eigenvalue weighted by Crippen LogP contribution is -2.50. The van der Waals surface area contributed by atoms with Gasteiger partial charge < -0.3 is 93.0 Å². The van der Waals surface area contributed by atoms with Crippen LogP contribution in [-0.2, 0) is 80.7 Å². The van der Waals surface area contributed by atoms with Gasteiger partial charge in [0.2, 0.25) is 0 Å². The van der Waals surface area contributed by atoms with Crippen LogP contribution in [-0.4, -0.2) is 282 Å². The van der Waals surface area contributed by atoms with E-state index in [1.165, 1.54) is 0 Å². The average molecular weight is 2150 g/mol. The van der Waals surface area contributed by atoms with Gasteiger partial charge in [0, 0.05) is 36.3 Å². The maximum atomic E-state index is 12.8. The van der Waals surface area contributed by atoms with Crippen LogP contribution in [0, 0.1) is 41.4 Å². The second-order valence-corrected chi connectivity index (χ2v) is 55.0. The first-order valence-electron chi connectivity index (χ1n) is 54.2. The van der Waals surface area contributed by atoms with Gasteiger partial charge in [-0.15, -0.1) is 6.58 Å². The standard InChI is InChI=1S/C18H35NO6S.C17H32N4O3.C17H34N2O3.C17H31NO4.C17H33NO4.C14H27NO3.C11H21NO3/c1-12(2)10-14-15(11-13(3)25-26(9,21)22)23-18(7,8)19(14)16(20)24-17(4,5)6;1-11(2)9-13-14(10-12(3)19-20-18)23-17(7,8)21(13)15(22)24-16(4,5)6;1-11(2)9-13-14(10-12(3)18)21-17(7,8)19(13)15(20)22-16(4,5)6;1-11(2)8-13-14(9-12-10-20-12)21-17(6,7)18(13)15(19)22-16(3,4)5;1-11(2)9-13-14(10-12(3)19)21-17(7,8)18(13)15(20)22-16(4,5)6;1-7-8-12(16)11(9-10(2)3)15-13(17)18-14(4,5)6;1-8(2)6-9(7-13)12-10(14)15-11(3,4)5/h12-15H,10-11H2,1-9H3;11-14H,9-10H2,1-8H3;11-14H,9-10,18H2,1-8H3;11-14H,8-10H2,1-7H3;11-14,19H,9-10H2,1-8H3;7,10-12,16H,1,8-9H2,2-6H3,(H,15,17);7-9H,6H2,1-5H3,(H,12,14)/t13-,14+,15+;2*12-,13-,14-;2*12?,13-,14-;11-,12-;9-/m1000000/s1. The molecule has 149 heavy (non-hydrogen) atoms. The van der Waals surface area contributed by atoms with E-state index in [1.54, 1.807) is 65.2 Å². The summed E-state index contributed by atoms with van der Waals surface area (Å²) in [6.07, 6.45) is 7.51. The summed E-state index contributed by atoms with van der Waals surface area (Å²) >= 11 is 0. The van der Waals surface area contributed by atoms with Gasteiger partial charge in [0.1, 0.15) is 74.1 Å². The van der Waals surface area contributed by atoms with Crippen molar-refractivity contribution in [2.24, 2.45) is 52.3 Å². The van der Waals surface area contributed by atoms with Crippen molar-refractivity contribution in [1.82, 2.24) is 35.1 Å². The Labute approximate surface area is 900 Å². The fourth-order valence-electron chi connectivity index (χ4n) is 18.4. The molecule has 0 aromatic carbocycles. The van der Waals surface area contributed by atoms with Crippen molar-refractivity contribution in [3.63, 3.8) is 0 Å². The molecule has 0 saturated carbocycles. The van der Waals surface area contributed by atoms with Crippen molar-refractivity contribution in [2.45, 2.75) is 600 Å². The van der Waals surface area contributed by atoms with E-state index in [-0.39, 0.29) is 109 Å². The van der Waals surface area contributed by atoms with Crippen LogP contribution in [0.2, 0.25) is 0 Å². The number of epoxide rings is 1. The Hall–Kier alpha value is -6.84. The first kappa shape index (κ1) is 142. The van der Waals surface area contributed by atoms with Crippen LogP contribution in [0.15, 0.2) is 17.8 Å². The van der Waals surface area contributed by atoms with E-state index in [0.717, 1.165) is 64.1 Å². The lowest BCUT2D eigenvalue weighted by atomic mass is 9.95. The molecule has 6 heterocycles. The van der Waals surface area contributed by atoms with E-state index < -0.39 is 121 Å². The first-order valence-corrected chi connectivity index (χ1v) is 56.0. The third kappa shape index (κ3) is 56.9. The van der Waals surface area contributed by atoms with Gasteiger partial charge in [-0.2, -0.15) is 8.42 Å². The third-order valence-corrected chi connectivity index (χ3v) is 23.8. The monoisotopic (exact) mass is 2150 g/mol.